The van der Waals surface area contributed by atoms with Crippen molar-refractivity contribution >= 4 is 29.3 Å². The van der Waals surface area contributed by atoms with E-state index in [1.165, 1.54) is 11.8 Å². The summed E-state index contributed by atoms with van der Waals surface area (Å²) in [6.07, 6.45) is 6.15. The number of piperidine rings is 1. The van der Waals surface area contributed by atoms with Gasteiger partial charge in [0.15, 0.2) is 11.5 Å². The van der Waals surface area contributed by atoms with Crippen molar-refractivity contribution in [2.24, 2.45) is 11.8 Å². The van der Waals surface area contributed by atoms with E-state index in [0.29, 0.717) is 33.2 Å². The second kappa shape index (κ2) is 11.7. The average Bonchev–Trinajstić information content (AvgIpc) is 3.30. The Morgan fingerprint density at radius 3 is 2.54 bits per heavy atom. The summed E-state index contributed by atoms with van der Waals surface area (Å²) in [5.41, 5.74) is 2.20. The number of H-pyrrole nitrogens is 1. The van der Waals surface area contributed by atoms with Crippen LogP contribution in [-0.4, -0.2) is 60.7 Å². The Bertz CT molecular complexity index is 1290. The first-order valence-electron chi connectivity index (χ1n) is 13.7. The molecule has 4 heterocycles. The number of carbonyl (C=O) groups is 1. The van der Waals surface area contributed by atoms with E-state index in [-0.39, 0.29) is 23.9 Å². The molecule has 0 spiro atoms. The van der Waals surface area contributed by atoms with Gasteiger partial charge < -0.3 is 29.4 Å². The van der Waals surface area contributed by atoms with Crippen molar-refractivity contribution in [1.29, 1.82) is 0 Å². The Kier molecular flexibility index (Phi) is 8.52. The number of ether oxygens (including phenoxy) is 3. The molecular weight excluding hydrogens is 538 g/mol. The summed E-state index contributed by atoms with van der Waals surface area (Å²) in [7, 11) is 0. The van der Waals surface area contributed by atoms with Crippen molar-refractivity contribution < 1.29 is 19.0 Å². The van der Waals surface area contributed by atoms with Gasteiger partial charge in [0.1, 0.15) is 0 Å². The molecule has 3 aliphatic rings. The molecule has 0 unspecified atom stereocenters. The van der Waals surface area contributed by atoms with Crippen LogP contribution in [0.15, 0.2) is 21.8 Å². The zero-order valence-corrected chi connectivity index (χ0v) is 24.7. The zero-order valence-electron chi connectivity index (χ0n) is 23.2. The lowest BCUT2D eigenvalue weighted by molar-refractivity contribution is -0.125. The Hall–Kier alpha value is -2.20. The van der Waals surface area contributed by atoms with Crippen molar-refractivity contribution in [3.05, 3.63) is 49.9 Å². The van der Waals surface area contributed by atoms with Crippen LogP contribution >= 0.6 is 23.4 Å². The Morgan fingerprint density at radius 1 is 1.15 bits per heavy atom. The lowest BCUT2D eigenvalue weighted by Crippen LogP contribution is -2.49. The number of nitrogens with one attached hydrogen (secondary N) is 2. The number of benzene rings is 1. The number of pyridine rings is 1. The molecule has 2 N–H and O–H groups in total. The molecule has 10 heteroatoms. The molecule has 1 aromatic carbocycles. The number of amides is 1. The summed E-state index contributed by atoms with van der Waals surface area (Å²) in [5, 5.41) is 3.24. The smallest absolute Gasteiger partial charge is 0.254 e. The summed E-state index contributed by atoms with van der Waals surface area (Å²) in [5.74, 6) is 0.802. The number of carbonyl (C=O) groups excluding carboxylic acids is 1. The number of fused-ring (bicyclic) bond motifs is 1. The molecule has 0 aliphatic carbocycles. The van der Waals surface area contributed by atoms with Crippen molar-refractivity contribution in [1.82, 2.24) is 15.2 Å². The van der Waals surface area contributed by atoms with Gasteiger partial charge in [-0.25, -0.2) is 0 Å². The average molecular weight is 576 g/mol. The fraction of sp³-hybridized carbons (Fsp3) is 0.586. The molecule has 0 saturated carbocycles. The minimum Gasteiger partial charge on any atom is -0.448 e. The van der Waals surface area contributed by atoms with Gasteiger partial charge in [-0.3, -0.25) is 9.59 Å². The van der Waals surface area contributed by atoms with E-state index in [1.807, 2.05) is 33.1 Å². The van der Waals surface area contributed by atoms with Gasteiger partial charge in [-0.05, 0) is 76.9 Å². The van der Waals surface area contributed by atoms with Gasteiger partial charge in [0, 0.05) is 66.4 Å². The fourth-order valence-corrected chi connectivity index (χ4v) is 6.92. The van der Waals surface area contributed by atoms with Gasteiger partial charge in [-0.2, -0.15) is 0 Å². The Labute approximate surface area is 239 Å². The lowest BCUT2D eigenvalue weighted by atomic mass is 9.88. The molecule has 2 saturated heterocycles. The largest absolute Gasteiger partial charge is 0.448 e. The number of aromatic amines is 1. The van der Waals surface area contributed by atoms with Crippen LogP contribution in [0.3, 0.4) is 0 Å². The molecule has 1 atom stereocenters. The number of thioether (sulfide) groups is 1. The fourth-order valence-electron chi connectivity index (χ4n) is 5.98. The third kappa shape index (κ3) is 5.97. The summed E-state index contributed by atoms with van der Waals surface area (Å²) >= 11 is 8.11. The minimum atomic E-state index is -0.834. The minimum absolute atomic E-state index is 0.111. The SMILES string of the molecule is CSc1cc(C)[nH]c(=O)c1CNC(=O)c1cc(Cl)c2c(c1C)O[C@](C)(C1CCN(CC3CCOCC3)CC1)O2. The third-order valence-electron chi connectivity index (χ3n) is 8.35. The van der Waals surface area contributed by atoms with Gasteiger partial charge in [-0.15, -0.1) is 11.8 Å². The van der Waals surface area contributed by atoms with Gasteiger partial charge in [0.25, 0.3) is 17.3 Å². The van der Waals surface area contributed by atoms with Crippen molar-refractivity contribution in [3.8, 4) is 11.5 Å². The van der Waals surface area contributed by atoms with E-state index in [2.05, 4.69) is 15.2 Å². The maximum atomic E-state index is 13.2. The molecule has 5 rings (SSSR count). The first kappa shape index (κ1) is 28.3. The Balaban J connectivity index is 1.25. The summed E-state index contributed by atoms with van der Waals surface area (Å²) in [6.45, 7) is 10.7. The van der Waals surface area contributed by atoms with Crippen molar-refractivity contribution in [2.45, 2.75) is 63.7 Å². The molecule has 1 aromatic heterocycles. The molecule has 3 aliphatic heterocycles. The summed E-state index contributed by atoms with van der Waals surface area (Å²) in [6, 6.07) is 3.54. The summed E-state index contributed by atoms with van der Waals surface area (Å²) < 4.78 is 18.4. The van der Waals surface area contributed by atoms with E-state index < -0.39 is 5.79 Å². The number of rotatable bonds is 7. The van der Waals surface area contributed by atoms with Crippen LogP contribution in [-0.2, 0) is 11.3 Å². The highest BCUT2D eigenvalue weighted by atomic mass is 35.5. The Morgan fingerprint density at radius 2 is 1.85 bits per heavy atom. The van der Waals surface area contributed by atoms with Crippen LogP contribution in [0.1, 0.15) is 59.8 Å². The number of aryl methyl sites for hydroxylation is 1. The van der Waals surface area contributed by atoms with Gasteiger partial charge in [0.2, 0.25) is 0 Å². The van der Waals surface area contributed by atoms with Gasteiger partial charge in [-0.1, -0.05) is 11.6 Å². The van der Waals surface area contributed by atoms with Crippen molar-refractivity contribution in [2.75, 3.05) is 39.1 Å². The standard InChI is InChI=1S/C29H38ClN3O5S/c1-17-13-24(39-4)22(28(35)32-17)15-31-27(34)21-14-23(30)26-25(18(21)2)37-29(3,38-26)20-5-9-33(10-6-20)16-19-7-11-36-12-8-19/h13-14,19-20H,5-12,15-16H2,1-4H3,(H,31,34)(H,32,35)/t29-/m0/s1. The van der Waals surface area contributed by atoms with E-state index in [9.17, 15) is 9.59 Å². The highest BCUT2D eigenvalue weighted by Gasteiger charge is 2.47. The lowest BCUT2D eigenvalue weighted by Gasteiger charge is -2.40. The van der Waals surface area contributed by atoms with E-state index in [1.54, 1.807) is 6.07 Å². The quantitative estimate of drug-likeness (QED) is 0.453. The van der Waals surface area contributed by atoms with Crippen LogP contribution in [0.2, 0.25) is 5.02 Å². The highest BCUT2D eigenvalue weighted by Crippen LogP contribution is 2.51. The molecule has 1 amide bonds. The van der Waals surface area contributed by atoms with Crippen LogP contribution in [0.25, 0.3) is 0 Å². The van der Waals surface area contributed by atoms with Crippen LogP contribution < -0.4 is 20.3 Å². The number of hydrogen-bond donors (Lipinski definition) is 2. The number of halogens is 1. The van der Waals surface area contributed by atoms with Gasteiger partial charge >= 0.3 is 0 Å². The maximum absolute atomic E-state index is 13.2. The monoisotopic (exact) mass is 575 g/mol. The first-order valence-corrected chi connectivity index (χ1v) is 15.3. The number of nitrogens with zero attached hydrogens (tertiary/aromatic N) is 1. The second-order valence-corrected chi connectivity index (χ2v) is 12.3. The van der Waals surface area contributed by atoms with Gasteiger partial charge in [0.05, 0.1) is 5.02 Å². The molecule has 212 valence electrons. The molecule has 39 heavy (non-hydrogen) atoms. The normalized spacial score (nSPS) is 22.3. The molecule has 0 radical (unpaired) electrons. The molecule has 2 aromatic rings. The van der Waals surface area contributed by atoms with Crippen molar-refractivity contribution in [3.63, 3.8) is 0 Å². The zero-order chi connectivity index (χ0) is 27.7. The highest BCUT2D eigenvalue weighted by molar-refractivity contribution is 7.98. The van der Waals surface area contributed by atoms with E-state index >= 15 is 0 Å². The van der Waals surface area contributed by atoms with E-state index in [4.69, 9.17) is 25.8 Å². The number of likely N-dealkylation sites (tertiary alicyclic amines) is 1. The number of aromatic nitrogens is 1. The third-order valence-corrected chi connectivity index (χ3v) is 9.44. The van der Waals surface area contributed by atoms with E-state index in [0.717, 1.165) is 75.0 Å². The summed E-state index contributed by atoms with van der Waals surface area (Å²) in [4.78, 5) is 31.9. The predicted octanol–water partition coefficient (Wildman–Crippen LogP) is 4.92. The topological polar surface area (TPSA) is 92.9 Å². The van der Waals surface area contributed by atoms with Crippen LogP contribution in [0.5, 0.6) is 11.5 Å². The first-order chi connectivity index (χ1) is 18.7. The predicted molar refractivity (Wildman–Crippen MR) is 153 cm³/mol. The molecule has 0 bridgehead atoms. The van der Waals surface area contributed by atoms with Crippen LogP contribution in [0, 0.1) is 25.7 Å². The molecule has 8 nitrogen and oxygen atoms in total. The van der Waals surface area contributed by atoms with Crippen LogP contribution in [0.4, 0.5) is 0 Å². The maximum Gasteiger partial charge on any atom is 0.254 e. The molecular formula is C29H38ClN3O5S. The number of hydrogen-bond acceptors (Lipinski definition) is 7. The molecule has 2 fully saturated rings. The second-order valence-electron chi connectivity index (χ2n) is 11.1.